The number of hydrogen-bond acceptors (Lipinski definition) is 6. The molecule has 0 atom stereocenters. The standard InChI is InChI=1S/C18H18N4O3S/c1-11-4-5-12(2)14(8-11)9-19-22-17(15-6-7-25-13(15)3)20-21-18(22)26-10-16(23)24/h4-9H,10H2,1-3H3,(H,23,24)/b19-9-. The molecule has 1 N–H and O–H groups in total. The second-order valence-electron chi connectivity index (χ2n) is 5.80. The lowest BCUT2D eigenvalue weighted by molar-refractivity contribution is -0.133. The van der Waals surface area contributed by atoms with Gasteiger partial charge in [0.15, 0.2) is 5.82 Å². The highest BCUT2D eigenvalue weighted by molar-refractivity contribution is 7.99. The van der Waals surface area contributed by atoms with Gasteiger partial charge in [0.25, 0.3) is 0 Å². The molecule has 0 aliphatic rings. The molecule has 0 saturated carbocycles. The van der Waals surface area contributed by atoms with Crippen LogP contribution in [0.25, 0.3) is 11.4 Å². The Morgan fingerprint density at radius 3 is 2.81 bits per heavy atom. The smallest absolute Gasteiger partial charge is 0.313 e. The summed E-state index contributed by atoms with van der Waals surface area (Å²) < 4.78 is 6.89. The number of benzene rings is 1. The third-order valence-electron chi connectivity index (χ3n) is 3.78. The summed E-state index contributed by atoms with van der Waals surface area (Å²) in [7, 11) is 0. The van der Waals surface area contributed by atoms with Crippen LogP contribution >= 0.6 is 11.8 Å². The van der Waals surface area contributed by atoms with Crippen molar-refractivity contribution in [2.24, 2.45) is 5.10 Å². The van der Waals surface area contributed by atoms with Gasteiger partial charge in [-0.2, -0.15) is 9.78 Å². The average molecular weight is 370 g/mol. The second-order valence-corrected chi connectivity index (χ2v) is 6.74. The Kier molecular flexibility index (Phi) is 5.22. The molecule has 7 nitrogen and oxygen atoms in total. The van der Waals surface area contributed by atoms with Crippen LogP contribution in [0.4, 0.5) is 0 Å². The van der Waals surface area contributed by atoms with E-state index in [1.54, 1.807) is 23.2 Å². The van der Waals surface area contributed by atoms with E-state index in [2.05, 4.69) is 15.3 Å². The number of carboxylic acids is 1. The first-order valence-electron chi connectivity index (χ1n) is 7.92. The molecule has 0 saturated heterocycles. The maximum Gasteiger partial charge on any atom is 0.313 e. The van der Waals surface area contributed by atoms with Gasteiger partial charge in [0, 0.05) is 0 Å². The van der Waals surface area contributed by atoms with Gasteiger partial charge in [-0.05, 0) is 38.0 Å². The molecular weight excluding hydrogens is 352 g/mol. The fourth-order valence-electron chi connectivity index (χ4n) is 2.39. The molecule has 26 heavy (non-hydrogen) atoms. The van der Waals surface area contributed by atoms with Gasteiger partial charge < -0.3 is 9.52 Å². The predicted octanol–water partition coefficient (Wildman–Crippen LogP) is 3.52. The minimum Gasteiger partial charge on any atom is -0.481 e. The fraction of sp³-hybridized carbons (Fsp3) is 0.222. The lowest BCUT2D eigenvalue weighted by atomic mass is 10.1. The third-order valence-corrected chi connectivity index (χ3v) is 4.69. The van der Waals surface area contributed by atoms with Crippen molar-refractivity contribution in [3.63, 3.8) is 0 Å². The largest absolute Gasteiger partial charge is 0.481 e. The first-order valence-corrected chi connectivity index (χ1v) is 8.90. The number of furan rings is 1. The van der Waals surface area contributed by atoms with E-state index in [4.69, 9.17) is 9.52 Å². The minimum absolute atomic E-state index is 0.124. The number of hydrogen-bond donors (Lipinski definition) is 1. The summed E-state index contributed by atoms with van der Waals surface area (Å²) in [6, 6.07) is 7.90. The highest BCUT2D eigenvalue weighted by Crippen LogP contribution is 2.27. The average Bonchev–Trinajstić information content (AvgIpc) is 3.19. The molecule has 3 rings (SSSR count). The highest BCUT2D eigenvalue weighted by Gasteiger charge is 2.18. The van der Waals surface area contributed by atoms with Crippen molar-refractivity contribution < 1.29 is 14.3 Å². The lowest BCUT2D eigenvalue weighted by Crippen LogP contribution is -2.02. The molecule has 2 aromatic heterocycles. The molecule has 8 heteroatoms. The molecule has 0 spiro atoms. The van der Waals surface area contributed by atoms with Gasteiger partial charge in [-0.1, -0.05) is 35.5 Å². The number of thioether (sulfide) groups is 1. The Hall–Kier alpha value is -2.87. The SMILES string of the molecule is Cc1ccc(C)c(/C=N\n2c(SCC(=O)O)nnc2-c2ccoc2C)c1. The van der Waals surface area contributed by atoms with Gasteiger partial charge in [-0.15, -0.1) is 10.2 Å². The van der Waals surface area contributed by atoms with Crippen molar-refractivity contribution in [2.75, 3.05) is 5.75 Å². The lowest BCUT2D eigenvalue weighted by Gasteiger charge is -2.05. The Morgan fingerprint density at radius 2 is 2.12 bits per heavy atom. The van der Waals surface area contributed by atoms with Crippen LogP contribution in [0, 0.1) is 20.8 Å². The second kappa shape index (κ2) is 7.57. The molecular formula is C18H18N4O3S. The number of aryl methyl sites for hydroxylation is 3. The Balaban J connectivity index is 2.03. The molecule has 0 unspecified atom stereocenters. The van der Waals surface area contributed by atoms with E-state index in [9.17, 15) is 4.79 Å². The maximum absolute atomic E-state index is 10.9. The van der Waals surface area contributed by atoms with Gasteiger partial charge in [0.2, 0.25) is 5.16 Å². The van der Waals surface area contributed by atoms with Gasteiger partial charge in [0.1, 0.15) is 5.76 Å². The predicted molar refractivity (Wildman–Crippen MR) is 99.7 cm³/mol. The van der Waals surface area contributed by atoms with Crippen LogP contribution in [0.15, 0.2) is 45.2 Å². The highest BCUT2D eigenvalue weighted by atomic mass is 32.2. The zero-order chi connectivity index (χ0) is 18.7. The van der Waals surface area contributed by atoms with Crippen molar-refractivity contribution in [3.8, 4) is 11.4 Å². The molecule has 2 heterocycles. The summed E-state index contributed by atoms with van der Waals surface area (Å²) in [5.41, 5.74) is 3.96. The van der Waals surface area contributed by atoms with Crippen molar-refractivity contribution in [2.45, 2.75) is 25.9 Å². The Labute approximate surface area is 154 Å². The number of rotatable bonds is 6. The summed E-state index contributed by atoms with van der Waals surface area (Å²) in [5, 5.41) is 22.1. The van der Waals surface area contributed by atoms with Crippen molar-refractivity contribution >= 4 is 23.9 Å². The molecule has 1 aromatic carbocycles. The number of carbonyl (C=O) groups is 1. The van der Waals surface area contributed by atoms with Crippen LogP contribution in [-0.4, -0.2) is 37.9 Å². The van der Waals surface area contributed by atoms with E-state index in [0.29, 0.717) is 16.7 Å². The molecule has 0 amide bonds. The van der Waals surface area contributed by atoms with Crippen LogP contribution < -0.4 is 0 Å². The van der Waals surface area contributed by atoms with E-state index in [0.717, 1.165) is 34.0 Å². The Morgan fingerprint density at radius 1 is 1.31 bits per heavy atom. The van der Waals surface area contributed by atoms with Crippen molar-refractivity contribution in [3.05, 3.63) is 53.0 Å². The number of nitrogens with zero attached hydrogens (tertiary/aromatic N) is 4. The molecule has 3 aromatic rings. The van der Waals surface area contributed by atoms with Gasteiger partial charge >= 0.3 is 5.97 Å². The summed E-state index contributed by atoms with van der Waals surface area (Å²) >= 11 is 1.07. The minimum atomic E-state index is -0.927. The van der Waals surface area contributed by atoms with E-state index < -0.39 is 5.97 Å². The summed E-state index contributed by atoms with van der Waals surface area (Å²) in [5.74, 6) is 0.145. The van der Waals surface area contributed by atoms with Gasteiger partial charge in [0.05, 0.1) is 23.8 Å². The van der Waals surface area contributed by atoms with Gasteiger partial charge in [-0.25, -0.2) is 0 Å². The molecule has 0 radical (unpaired) electrons. The van der Waals surface area contributed by atoms with Gasteiger partial charge in [-0.3, -0.25) is 4.79 Å². The van der Waals surface area contributed by atoms with Crippen LogP contribution in [-0.2, 0) is 4.79 Å². The van der Waals surface area contributed by atoms with E-state index in [1.165, 1.54) is 0 Å². The molecule has 0 bridgehead atoms. The fourth-order valence-corrected chi connectivity index (χ4v) is 3.00. The first-order chi connectivity index (χ1) is 12.5. The molecule has 134 valence electrons. The summed E-state index contributed by atoms with van der Waals surface area (Å²) in [6.45, 7) is 5.85. The number of carboxylic acid groups (broad SMARTS) is 1. The normalized spacial score (nSPS) is 11.3. The maximum atomic E-state index is 10.9. The molecule has 0 aliphatic carbocycles. The monoisotopic (exact) mass is 370 g/mol. The summed E-state index contributed by atoms with van der Waals surface area (Å²) in [6.07, 6.45) is 3.30. The molecule has 0 aliphatic heterocycles. The number of aromatic nitrogens is 3. The number of aliphatic carboxylic acids is 1. The van der Waals surface area contributed by atoms with Crippen LogP contribution in [0.5, 0.6) is 0 Å². The molecule has 0 fully saturated rings. The summed E-state index contributed by atoms with van der Waals surface area (Å²) in [4.78, 5) is 10.9. The van der Waals surface area contributed by atoms with E-state index >= 15 is 0 Å². The van der Waals surface area contributed by atoms with Crippen LogP contribution in [0.1, 0.15) is 22.5 Å². The first kappa shape index (κ1) is 17.9. The van der Waals surface area contributed by atoms with Crippen molar-refractivity contribution in [1.82, 2.24) is 14.9 Å². The zero-order valence-electron chi connectivity index (χ0n) is 14.6. The van der Waals surface area contributed by atoms with E-state index in [1.807, 2.05) is 39.0 Å². The zero-order valence-corrected chi connectivity index (χ0v) is 15.4. The Bertz CT molecular complexity index is 975. The topological polar surface area (TPSA) is 93.5 Å². The van der Waals surface area contributed by atoms with E-state index in [-0.39, 0.29) is 5.75 Å². The quantitative estimate of drug-likeness (QED) is 0.527. The van der Waals surface area contributed by atoms with Crippen molar-refractivity contribution in [1.29, 1.82) is 0 Å². The van der Waals surface area contributed by atoms with Crippen LogP contribution in [0.2, 0.25) is 0 Å². The third kappa shape index (κ3) is 3.85. The van der Waals surface area contributed by atoms with Crippen LogP contribution in [0.3, 0.4) is 0 Å².